The van der Waals surface area contributed by atoms with Crippen LogP contribution < -0.4 is 10.5 Å². The normalized spacial score (nSPS) is 18.4. The molecule has 0 aromatic heterocycles. The van der Waals surface area contributed by atoms with E-state index in [0.29, 0.717) is 0 Å². The van der Waals surface area contributed by atoms with E-state index in [1.54, 1.807) is 5.19 Å². The van der Waals surface area contributed by atoms with Crippen LogP contribution in [0.3, 0.4) is 0 Å². The highest BCUT2D eigenvalue weighted by molar-refractivity contribution is 6.88. The minimum atomic E-state index is -1.15. The second kappa shape index (κ2) is 6.88. The maximum Gasteiger partial charge on any atom is 0.0775 e. The Kier molecular flexibility index (Phi) is 5.41. The van der Waals surface area contributed by atoms with E-state index < -0.39 is 8.07 Å². The van der Waals surface area contributed by atoms with Crippen LogP contribution in [0.15, 0.2) is 24.3 Å². The van der Waals surface area contributed by atoms with Crippen molar-refractivity contribution in [1.29, 1.82) is 0 Å². The number of hydrogen-bond donors (Lipinski definition) is 1. The standard InChI is InChI=1S/C17H30N2Si/c1-18-13-15-9-11-19(12-10-15)14-16-5-7-17(8-6-16)20(2,3)4/h5-8,15,18H,9-14H2,1-4H3. The summed E-state index contributed by atoms with van der Waals surface area (Å²) in [7, 11) is 0.915. The molecular formula is C17H30N2Si. The number of rotatable bonds is 5. The molecule has 2 rings (SSSR count). The molecule has 112 valence electrons. The summed E-state index contributed by atoms with van der Waals surface area (Å²) in [6, 6.07) is 9.39. The van der Waals surface area contributed by atoms with Crippen molar-refractivity contribution in [3.05, 3.63) is 29.8 Å². The van der Waals surface area contributed by atoms with Gasteiger partial charge in [-0.2, -0.15) is 0 Å². The lowest BCUT2D eigenvalue weighted by Gasteiger charge is -2.32. The minimum absolute atomic E-state index is 0.880. The van der Waals surface area contributed by atoms with E-state index in [0.717, 1.165) is 12.5 Å². The molecule has 1 aliphatic rings. The largest absolute Gasteiger partial charge is 0.319 e. The highest BCUT2D eigenvalue weighted by Gasteiger charge is 2.19. The van der Waals surface area contributed by atoms with Crippen molar-refractivity contribution >= 4 is 13.3 Å². The monoisotopic (exact) mass is 290 g/mol. The molecule has 0 spiro atoms. The highest BCUT2D eigenvalue weighted by atomic mass is 28.3. The van der Waals surface area contributed by atoms with Gasteiger partial charge in [-0.3, -0.25) is 4.90 Å². The van der Waals surface area contributed by atoms with Gasteiger partial charge in [0.2, 0.25) is 0 Å². The average Bonchev–Trinajstić information content (AvgIpc) is 2.41. The molecule has 0 atom stereocenters. The average molecular weight is 291 g/mol. The van der Waals surface area contributed by atoms with Crippen LogP contribution in [0.25, 0.3) is 0 Å². The summed E-state index contributed by atoms with van der Waals surface area (Å²) in [4.78, 5) is 2.61. The Labute approximate surface area is 125 Å². The summed E-state index contributed by atoms with van der Waals surface area (Å²) in [6.45, 7) is 12.0. The van der Waals surface area contributed by atoms with Gasteiger partial charge in [0.1, 0.15) is 0 Å². The molecule has 2 nitrogen and oxygen atoms in total. The first-order chi connectivity index (χ1) is 9.49. The van der Waals surface area contributed by atoms with Gasteiger partial charge in [0.15, 0.2) is 0 Å². The van der Waals surface area contributed by atoms with Crippen molar-refractivity contribution in [2.75, 3.05) is 26.7 Å². The Balaban J connectivity index is 1.85. The Morgan fingerprint density at radius 1 is 1.10 bits per heavy atom. The number of benzene rings is 1. The summed E-state index contributed by atoms with van der Waals surface area (Å²) in [5, 5.41) is 4.87. The van der Waals surface area contributed by atoms with Crippen LogP contribution >= 0.6 is 0 Å². The zero-order valence-electron chi connectivity index (χ0n) is 13.6. The second-order valence-electron chi connectivity index (χ2n) is 7.22. The fourth-order valence-electron chi connectivity index (χ4n) is 3.01. The summed E-state index contributed by atoms with van der Waals surface area (Å²) in [5.74, 6) is 0.880. The number of hydrogen-bond acceptors (Lipinski definition) is 2. The first-order valence-electron chi connectivity index (χ1n) is 7.95. The molecule has 1 aromatic carbocycles. The van der Waals surface area contributed by atoms with Crippen molar-refractivity contribution in [2.24, 2.45) is 5.92 Å². The van der Waals surface area contributed by atoms with Crippen LogP contribution in [-0.4, -0.2) is 39.7 Å². The van der Waals surface area contributed by atoms with Gasteiger partial charge in [-0.15, -0.1) is 0 Å². The zero-order chi connectivity index (χ0) is 14.6. The van der Waals surface area contributed by atoms with Crippen molar-refractivity contribution in [1.82, 2.24) is 10.2 Å². The van der Waals surface area contributed by atoms with Gasteiger partial charge < -0.3 is 5.32 Å². The molecule has 0 unspecified atom stereocenters. The lowest BCUT2D eigenvalue weighted by atomic mass is 9.96. The molecular weight excluding hydrogens is 260 g/mol. The summed E-state index contributed by atoms with van der Waals surface area (Å²) in [5.41, 5.74) is 1.47. The molecule has 0 bridgehead atoms. The maximum atomic E-state index is 3.31. The molecule has 0 saturated carbocycles. The van der Waals surface area contributed by atoms with Crippen LogP contribution in [0, 0.1) is 5.92 Å². The molecule has 1 saturated heterocycles. The van der Waals surface area contributed by atoms with Crippen LogP contribution in [-0.2, 0) is 6.54 Å². The minimum Gasteiger partial charge on any atom is -0.319 e. The van der Waals surface area contributed by atoms with E-state index in [-0.39, 0.29) is 0 Å². The van der Waals surface area contributed by atoms with E-state index in [4.69, 9.17) is 0 Å². The quantitative estimate of drug-likeness (QED) is 0.839. The van der Waals surface area contributed by atoms with Crippen LogP contribution in [0.1, 0.15) is 18.4 Å². The van der Waals surface area contributed by atoms with Gasteiger partial charge in [-0.1, -0.05) is 49.1 Å². The predicted molar refractivity (Wildman–Crippen MR) is 91.3 cm³/mol. The van der Waals surface area contributed by atoms with Gasteiger partial charge >= 0.3 is 0 Å². The van der Waals surface area contributed by atoms with Gasteiger partial charge in [-0.25, -0.2) is 0 Å². The third-order valence-corrected chi connectivity index (χ3v) is 6.49. The maximum absolute atomic E-state index is 3.31. The Bertz CT molecular complexity index is 400. The van der Waals surface area contributed by atoms with E-state index in [9.17, 15) is 0 Å². The van der Waals surface area contributed by atoms with E-state index >= 15 is 0 Å². The lowest BCUT2D eigenvalue weighted by molar-refractivity contribution is 0.177. The molecule has 0 amide bonds. The summed E-state index contributed by atoms with van der Waals surface area (Å²) in [6.07, 6.45) is 2.68. The lowest BCUT2D eigenvalue weighted by Crippen LogP contribution is -2.38. The molecule has 1 N–H and O–H groups in total. The van der Waals surface area contributed by atoms with Crippen molar-refractivity contribution < 1.29 is 0 Å². The molecule has 3 heteroatoms. The highest BCUT2D eigenvalue weighted by Crippen LogP contribution is 2.18. The number of piperidine rings is 1. The molecule has 1 heterocycles. The molecule has 1 aliphatic heterocycles. The van der Waals surface area contributed by atoms with E-state index in [1.165, 1.54) is 38.0 Å². The molecule has 0 radical (unpaired) electrons. The van der Waals surface area contributed by atoms with Crippen LogP contribution in [0.2, 0.25) is 19.6 Å². The van der Waals surface area contributed by atoms with Gasteiger partial charge in [0.25, 0.3) is 0 Å². The number of nitrogens with zero attached hydrogens (tertiary/aromatic N) is 1. The number of nitrogens with one attached hydrogen (secondary N) is 1. The predicted octanol–water partition coefficient (Wildman–Crippen LogP) is 2.66. The Hall–Kier alpha value is -0.643. The fourth-order valence-corrected chi connectivity index (χ4v) is 4.17. The van der Waals surface area contributed by atoms with Gasteiger partial charge in [0, 0.05) is 6.54 Å². The van der Waals surface area contributed by atoms with Gasteiger partial charge in [-0.05, 0) is 51.0 Å². The Morgan fingerprint density at radius 3 is 2.20 bits per heavy atom. The fraction of sp³-hybridized carbons (Fsp3) is 0.647. The SMILES string of the molecule is CNCC1CCN(Cc2ccc([Si](C)(C)C)cc2)CC1. The zero-order valence-corrected chi connectivity index (χ0v) is 14.6. The van der Waals surface area contributed by atoms with Crippen molar-refractivity contribution in [3.8, 4) is 0 Å². The van der Waals surface area contributed by atoms with Crippen molar-refractivity contribution in [2.45, 2.75) is 39.0 Å². The first kappa shape index (κ1) is 15.7. The summed E-state index contributed by atoms with van der Waals surface area (Å²) >= 11 is 0. The Morgan fingerprint density at radius 2 is 1.70 bits per heavy atom. The van der Waals surface area contributed by atoms with E-state index in [2.05, 4.69) is 61.2 Å². The van der Waals surface area contributed by atoms with Crippen molar-refractivity contribution in [3.63, 3.8) is 0 Å². The topological polar surface area (TPSA) is 15.3 Å². The van der Waals surface area contributed by atoms with Crippen LogP contribution in [0.4, 0.5) is 0 Å². The number of likely N-dealkylation sites (tertiary alicyclic amines) is 1. The van der Waals surface area contributed by atoms with Crippen LogP contribution in [0.5, 0.6) is 0 Å². The molecule has 1 aromatic rings. The molecule has 0 aliphatic carbocycles. The molecule has 20 heavy (non-hydrogen) atoms. The third-order valence-electron chi connectivity index (χ3n) is 4.43. The summed E-state index contributed by atoms with van der Waals surface area (Å²) < 4.78 is 0. The van der Waals surface area contributed by atoms with E-state index in [1.807, 2.05) is 0 Å². The molecule has 1 fully saturated rings. The van der Waals surface area contributed by atoms with Gasteiger partial charge in [0.05, 0.1) is 8.07 Å². The third kappa shape index (κ3) is 4.44. The second-order valence-corrected chi connectivity index (χ2v) is 12.3. The smallest absolute Gasteiger partial charge is 0.0775 e. The first-order valence-corrected chi connectivity index (χ1v) is 11.5.